The summed E-state index contributed by atoms with van der Waals surface area (Å²) in [6.45, 7) is 16.5. The van der Waals surface area contributed by atoms with E-state index >= 15 is 0 Å². The molecule has 9 atom stereocenters. The normalized spacial score (nSPS) is 30.9. The van der Waals surface area contributed by atoms with Gasteiger partial charge in [0.05, 0.1) is 107 Å². The lowest BCUT2D eigenvalue weighted by molar-refractivity contribution is -0.152. The number of halogens is 1. The van der Waals surface area contributed by atoms with Gasteiger partial charge in [0.2, 0.25) is 0 Å². The van der Waals surface area contributed by atoms with E-state index < -0.39 is 17.7 Å². The van der Waals surface area contributed by atoms with Gasteiger partial charge in [-0.1, -0.05) is 0 Å². The molecule has 0 aromatic heterocycles. The summed E-state index contributed by atoms with van der Waals surface area (Å²) in [7, 11) is 0. The molecule has 0 spiro atoms. The Morgan fingerprint density at radius 3 is 1.85 bits per heavy atom. The van der Waals surface area contributed by atoms with Crippen LogP contribution in [0, 0.1) is 0 Å². The molecule has 2 amide bonds. The van der Waals surface area contributed by atoms with Gasteiger partial charge in [-0.2, -0.15) is 0 Å². The van der Waals surface area contributed by atoms with Gasteiger partial charge in [0.1, 0.15) is 18.8 Å². The lowest BCUT2D eigenvalue weighted by Gasteiger charge is -2.36. The van der Waals surface area contributed by atoms with E-state index in [1.54, 1.807) is 23.6 Å². The second kappa shape index (κ2) is 21.0. The number of aliphatic hydroxyl groups is 1. The van der Waals surface area contributed by atoms with Gasteiger partial charge >= 0.3 is 24.1 Å². The quantitative estimate of drug-likeness (QED) is 0.254. The van der Waals surface area contributed by atoms with Crippen molar-refractivity contribution in [3.8, 4) is 0 Å². The molecule has 2 N–H and O–H groups in total. The van der Waals surface area contributed by atoms with Gasteiger partial charge in [0, 0.05) is 6.04 Å². The molecule has 9 unspecified atom stereocenters. The second-order valence-corrected chi connectivity index (χ2v) is 14.8. The number of carbonyl (C=O) groups excluding carboxylic acids is 4. The summed E-state index contributed by atoms with van der Waals surface area (Å²) in [5.41, 5.74) is -0.546. The lowest BCUT2D eigenvalue weighted by atomic mass is 10.1. The Balaban J connectivity index is 0.000000218. The number of morpholine rings is 3. The minimum absolute atomic E-state index is 0. The van der Waals surface area contributed by atoms with Crippen molar-refractivity contribution in [2.75, 3.05) is 66.1 Å². The van der Waals surface area contributed by atoms with Crippen molar-refractivity contribution < 1.29 is 66.9 Å². The van der Waals surface area contributed by atoms with Gasteiger partial charge in [0.25, 0.3) is 0 Å². The van der Waals surface area contributed by atoms with Crippen molar-refractivity contribution in [1.29, 1.82) is 0 Å². The van der Waals surface area contributed by atoms with Gasteiger partial charge in [0.15, 0.2) is 0 Å². The van der Waals surface area contributed by atoms with Crippen LogP contribution >= 0.6 is 12.4 Å². The molecule has 53 heavy (non-hydrogen) atoms. The maximum absolute atomic E-state index is 12.4. The Bertz CT molecular complexity index is 1190. The molecular weight excluding hydrogens is 722 g/mol. The minimum atomic E-state index is -0.546. The van der Waals surface area contributed by atoms with Crippen LogP contribution in [0.2, 0.25) is 0 Å². The van der Waals surface area contributed by atoms with Gasteiger partial charge in [-0.3, -0.25) is 9.80 Å². The van der Waals surface area contributed by atoms with E-state index in [9.17, 15) is 24.3 Å². The third kappa shape index (κ3) is 13.0. The summed E-state index contributed by atoms with van der Waals surface area (Å²) in [6, 6.07) is 0.0814. The van der Waals surface area contributed by atoms with Crippen LogP contribution in [0.3, 0.4) is 0 Å². The van der Waals surface area contributed by atoms with Crippen molar-refractivity contribution >= 4 is 36.5 Å². The average Bonchev–Trinajstić information content (AvgIpc) is 3.56. The SMILES string of the molecule is CC(C)OC(=O)N1C2COCC1C(O)C2.CCOC(=O)COC1CC2COCC1N2.CCOC(=O)COC1CC2COCC1N2C(=O)OC(C)(C)C.Cl. The third-order valence-corrected chi connectivity index (χ3v) is 9.22. The van der Waals surface area contributed by atoms with Crippen LogP contribution in [0.5, 0.6) is 0 Å². The molecule has 306 valence electrons. The predicted octanol–water partition coefficient (Wildman–Crippen LogP) is 1.83. The third-order valence-electron chi connectivity index (χ3n) is 9.22. The van der Waals surface area contributed by atoms with Crippen LogP contribution in [-0.2, 0) is 52.2 Å². The van der Waals surface area contributed by atoms with Crippen molar-refractivity contribution in [1.82, 2.24) is 15.1 Å². The maximum Gasteiger partial charge on any atom is 0.411 e. The smallest absolute Gasteiger partial charge is 0.411 e. The van der Waals surface area contributed by atoms with Crippen LogP contribution < -0.4 is 5.32 Å². The van der Waals surface area contributed by atoms with Gasteiger partial charge < -0.3 is 53.1 Å². The number of carbonyl (C=O) groups is 4. The first kappa shape index (κ1) is 44.9. The van der Waals surface area contributed by atoms with E-state index in [1.165, 1.54) is 0 Å². The number of ether oxygens (including phenoxy) is 9. The molecular formula is C35H60ClN3O14. The summed E-state index contributed by atoms with van der Waals surface area (Å²) in [4.78, 5) is 50.0. The highest BCUT2D eigenvalue weighted by molar-refractivity contribution is 5.85. The zero-order valence-corrected chi connectivity index (χ0v) is 32.8. The largest absolute Gasteiger partial charge is 0.464 e. The van der Waals surface area contributed by atoms with Crippen LogP contribution in [0.25, 0.3) is 0 Å². The Morgan fingerprint density at radius 2 is 1.30 bits per heavy atom. The minimum Gasteiger partial charge on any atom is -0.464 e. The van der Waals surface area contributed by atoms with E-state index in [2.05, 4.69) is 5.32 Å². The lowest BCUT2D eigenvalue weighted by Crippen LogP contribution is -2.52. The molecule has 17 nitrogen and oxygen atoms in total. The fourth-order valence-electron chi connectivity index (χ4n) is 7.12. The number of fused-ring (bicyclic) bond motifs is 6. The number of hydrogen-bond acceptors (Lipinski definition) is 15. The van der Waals surface area contributed by atoms with Gasteiger partial charge in [-0.05, 0) is 67.7 Å². The highest BCUT2D eigenvalue weighted by Gasteiger charge is 2.49. The predicted molar refractivity (Wildman–Crippen MR) is 190 cm³/mol. The van der Waals surface area contributed by atoms with Crippen molar-refractivity contribution in [2.45, 2.75) is 134 Å². The summed E-state index contributed by atoms with van der Waals surface area (Å²) < 4.78 is 47.6. The molecule has 6 bridgehead atoms. The highest BCUT2D eigenvalue weighted by atomic mass is 35.5. The first-order valence-electron chi connectivity index (χ1n) is 18.4. The molecule has 6 saturated heterocycles. The molecule has 6 aliphatic rings. The zero-order valence-electron chi connectivity index (χ0n) is 32.0. The standard InChI is InChI=1S/C15H25NO6.2C10H17NO4.ClH/c1-5-20-13(17)9-21-12-6-10-7-19-8-11(12)16(10)14(18)22-15(2,3)4;1-6(2)15-10(13)11-7-3-9(12)8(11)5-14-4-7;1-2-14-10(12)6-15-9-3-7-4-13-5-8(9)11-7;/h10-12H,5-9H2,1-4H3;6-9,12H,3-5H2,1-2H3;7-9,11H,2-6H2,1H3;1H. The molecule has 0 aliphatic carbocycles. The summed E-state index contributed by atoms with van der Waals surface area (Å²) in [5.74, 6) is -0.687. The topological polar surface area (TPSA) is 190 Å². The van der Waals surface area contributed by atoms with Crippen LogP contribution in [0.1, 0.15) is 67.7 Å². The molecule has 6 heterocycles. The van der Waals surface area contributed by atoms with Crippen molar-refractivity contribution in [3.05, 3.63) is 0 Å². The van der Waals surface area contributed by atoms with Crippen molar-refractivity contribution in [3.63, 3.8) is 0 Å². The van der Waals surface area contributed by atoms with E-state index in [0.717, 1.165) is 13.0 Å². The van der Waals surface area contributed by atoms with Crippen LogP contribution in [0.4, 0.5) is 9.59 Å². The molecule has 18 heteroatoms. The Hall–Kier alpha value is -2.51. The van der Waals surface area contributed by atoms with E-state index in [1.807, 2.05) is 34.6 Å². The van der Waals surface area contributed by atoms with Gasteiger partial charge in [-0.15, -0.1) is 12.4 Å². The number of aliphatic hydroxyl groups excluding tert-OH is 1. The number of rotatable bonds is 9. The number of nitrogens with zero attached hydrogens (tertiary/aromatic N) is 2. The number of esters is 2. The molecule has 6 fully saturated rings. The maximum atomic E-state index is 12.4. The molecule has 0 aromatic rings. The Morgan fingerprint density at radius 1 is 0.755 bits per heavy atom. The molecule has 0 radical (unpaired) electrons. The second-order valence-electron chi connectivity index (χ2n) is 14.8. The van der Waals surface area contributed by atoms with Crippen LogP contribution in [0.15, 0.2) is 0 Å². The van der Waals surface area contributed by atoms with Crippen LogP contribution in [-0.4, -0.2) is 171 Å². The Kier molecular flexibility index (Phi) is 17.8. The summed E-state index contributed by atoms with van der Waals surface area (Å²) in [6.07, 6.45) is 0.721. The number of amides is 2. The number of hydrogen-bond donors (Lipinski definition) is 2. The monoisotopic (exact) mass is 781 g/mol. The van der Waals surface area contributed by atoms with E-state index in [-0.39, 0.29) is 92.3 Å². The molecule has 0 saturated carbocycles. The van der Waals surface area contributed by atoms with Gasteiger partial charge in [-0.25, -0.2) is 19.2 Å². The average molecular weight is 782 g/mol. The summed E-state index contributed by atoms with van der Waals surface area (Å²) in [5, 5.41) is 13.1. The Labute approximate surface area is 318 Å². The van der Waals surface area contributed by atoms with Crippen molar-refractivity contribution in [2.24, 2.45) is 0 Å². The fourth-order valence-corrected chi connectivity index (χ4v) is 7.12. The molecule has 6 rings (SSSR count). The fraction of sp³-hybridized carbons (Fsp3) is 0.886. The molecule has 0 aromatic carbocycles. The van der Waals surface area contributed by atoms with E-state index in [4.69, 9.17) is 42.6 Å². The van der Waals surface area contributed by atoms with E-state index in [0.29, 0.717) is 65.1 Å². The first-order chi connectivity index (χ1) is 24.7. The zero-order chi connectivity index (χ0) is 38.0. The number of nitrogens with one attached hydrogen (secondary N) is 1. The first-order valence-corrected chi connectivity index (χ1v) is 18.4. The highest BCUT2D eigenvalue weighted by Crippen LogP contribution is 2.33. The summed E-state index contributed by atoms with van der Waals surface area (Å²) >= 11 is 0. The molecule has 6 aliphatic heterocycles.